The van der Waals surface area contributed by atoms with Gasteiger partial charge in [0.1, 0.15) is 11.6 Å². The predicted octanol–water partition coefficient (Wildman–Crippen LogP) is 4.56. The third-order valence-electron chi connectivity index (χ3n) is 5.29. The van der Waals surface area contributed by atoms with Crippen LogP contribution in [0.5, 0.6) is 0 Å². The molecule has 3 aromatic rings. The fraction of sp³-hybridized carbons (Fsp3) is 0.364. The number of carbonyl (C=O) groups excluding carboxylic acids is 1. The van der Waals surface area contributed by atoms with Crippen molar-refractivity contribution in [2.45, 2.75) is 46.1 Å². The van der Waals surface area contributed by atoms with E-state index in [0.717, 1.165) is 41.9 Å². The molecule has 1 saturated heterocycles. The maximum Gasteiger partial charge on any atom is 0.254 e. The highest BCUT2D eigenvalue weighted by Gasteiger charge is 2.31. The van der Waals surface area contributed by atoms with Gasteiger partial charge in [0.15, 0.2) is 5.82 Å². The van der Waals surface area contributed by atoms with E-state index in [0.29, 0.717) is 23.7 Å². The SMILES string of the molecule is Cc1cc(-c2c(C)noc2C)nc(C2CCCCN2C(=O)c2cccc(F)c2)n1. The van der Waals surface area contributed by atoms with Gasteiger partial charge in [0, 0.05) is 17.8 Å². The third kappa shape index (κ3) is 3.77. The fourth-order valence-electron chi connectivity index (χ4n) is 3.95. The Morgan fingerprint density at radius 1 is 1.17 bits per heavy atom. The van der Waals surface area contributed by atoms with Crippen LogP contribution in [0, 0.1) is 26.6 Å². The van der Waals surface area contributed by atoms with E-state index in [4.69, 9.17) is 9.51 Å². The van der Waals surface area contributed by atoms with Crippen molar-refractivity contribution in [2.24, 2.45) is 0 Å². The number of hydrogen-bond acceptors (Lipinski definition) is 5. The van der Waals surface area contributed by atoms with Gasteiger partial charge < -0.3 is 9.42 Å². The second-order valence-corrected chi connectivity index (χ2v) is 7.47. The molecule has 29 heavy (non-hydrogen) atoms. The summed E-state index contributed by atoms with van der Waals surface area (Å²) < 4.78 is 18.9. The molecule has 1 fully saturated rings. The summed E-state index contributed by atoms with van der Waals surface area (Å²) in [7, 11) is 0. The Bertz CT molecular complexity index is 1040. The van der Waals surface area contributed by atoms with Crippen molar-refractivity contribution in [3.63, 3.8) is 0 Å². The van der Waals surface area contributed by atoms with Crippen LogP contribution < -0.4 is 0 Å². The lowest BCUT2D eigenvalue weighted by Gasteiger charge is -2.35. The van der Waals surface area contributed by atoms with Crippen LogP contribution in [-0.2, 0) is 0 Å². The van der Waals surface area contributed by atoms with E-state index in [2.05, 4.69) is 10.1 Å². The first-order chi connectivity index (χ1) is 13.9. The first-order valence-electron chi connectivity index (χ1n) is 9.79. The smallest absolute Gasteiger partial charge is 0.254 e. The summed E-state index contributed by atoms with van der Waals surface area (Å²) in [6.45, 7) is 6.24. The van der Waals surface area contributed by atoms with Crippen molar-refractivity contribution >= 4 is 5.91 Å². The number of benzene rings is 1. The predicted molar refractivity (Wildman–Crippen MR) is 106 cm³/mol. The number of carbonyl (C=O) groups is 1. The van der Waals surface area contributed by atoms with Crippen LogP contribution in [0.1, 0.15) is 58.6 Å². The Kier molecular flexibility index (Phi) is 5.13. The highest BCUT2D eigenvalue weighted by atomic mass is 19.1. The average molecular weight is 394 g/mol. The standard InChI is InChI=1S/C22H23FN4O2/c1-13-11-18(20-14(2)26-29-15(20)3)25-21(24-13)19-9-4-5-10-27(19)22(28)16-7-6-8-17(23)12-16/h6-8,11-12,19H,4-5,9-10H2,1-3H3. The molecule has 0 bridgehead atoms. The van der Waals surface area contributed by atoms with Crippen molar-refractivity contribution in [1.82, 2.24) is 20.0 Å². The molecule has 0 spiro atoms. The maximum atomic E-state index is 13.6. The second kappa shape index (κ2) is 7.73. The van der Waals surface area contributed by atoms with Gasteiger partial charge in [0.25, 0.3) is 5.91 Å². The minimum absolute atomic E-state index is 0.196. The van der Waals surface area contributed by atoms with Crippen molar-refractivity contribution in [1.29, 1.82) is 0 Å². The van der Waals surface area contributed by atoms with Crippen molar-refractivity contribution in [3.05, 3.63) is 64.7 Å². The van der Waals surface area contributed by atoms with Crippen LogP contribution in [0.2, 0.25) is 0 Å². The molecule has 1 unspecified atom stereocenters. The highest BCUT2D eigenvalue weighted by molar-refractivity contribution is 5.94. The number of piperidine rings is 1. The van der Waals surface area contributed by atoms with Crippen LogP contribution in [0.15, 0.2) is 34.9 Å². The van der Waals surface area contributed by atoms with Gasteiger partial charge in [0.05, 0.1) is 23.0 Å². The molecule has 2 aromatic heterocycles. The zero-order valence-corrected chi connectivity index (χ0v) is 16.8. The maximum absolute atomic E-state index is 13.6. The molecular formula is C22H23FN4O2. The normalized spacial score (nSPS) is 16.8. The van der Waals surface area contributed by atoms with Crippen LogP contribution in [0.25, 0.3) is 11.3 Å². The van der Waals surface area contributed by atoms with E-state index in [1.807, 2.05) is 26.8 Å². The summed E-state index contributed by atoms with van der Waals surface area (Å²) in [5, 5.41) is 4.02. The summed E-state index contributed by atoms with van der Waals surface area (Å²) in [6.07, 6.45) is 2.65. The van der Waals surface area contributed by atoms with Crippen LogP contribution in [0.3, 0.4) is 0 Å². The minimum Gasteiger partial charge on any atom is -0.361 e. The Morgan fingerprint density at radius 2 is 2.00 bits per heavy atom. The van der Waals surface area contributed by atoms with E-state index < -0.39 is 5.82 Å². The number of halogens is 1. The topological polar surface area (TPSA) is 72.1 Å². The first kappa shape index (κ1) is 19.2. The Labute approximate surface area is 168 Å². The summed E-state index contributed by atoms with van der Waals surface area (Å²) in [5.41, 5.74) is 3.52. The van der Waals surface area contributed by atoms with Gasteiger partial charge in [0.2, 0.25) is 0 Å². The summed E-state index contributed by atoms with van der Waals surface area (Å²) >= 11 is 0. The van der Waals surface area contributed by atoms with Gasteiger partial charge >= 0.3 is 0 Å². The van der Waals surface area contributed by atoms with Crippen LogP contribution in [-0.4, -0.2) is 32.5 Å². The van der Waals surface area contributed by atoms with Crippen molar-refractivity contribution in [3.8, 4) is 11.3 Å². The van der Waals surface area contributed by atoms with Crippen LogP contribution in [0.4, 0.5) is 4.39 Å². The molecule has 1 amide bonds. The average Bonchev–Trinajstić information content (AvgIpc) is 3.05. The lowest BCUT2D eigenvalue weighted by atomic mass is 9.99. The Hall–Kier alpha value is -3.09. The van der Waals surface area contributed by atoms with Crippen LogP contribution >= 0.6 is 0 Å². The van der Waals surface area contributed by atoms with Gasteiger partial charge in [-0.05, 0) is 64.3 Å². The molecule has 6 nitrogen and oxygen atoms in total. The number of rotatable bonds is 3. The molecule has 7 heteroatoms. The first-order valence-corrected chi connectivity index (χ1v) is 9.79. The minimum atomic E-state index is -0.420. The molecule has 0 aliphatic carbocycles. The van der Waals surface area contributed by atoms with E-state index >= 15 is 0 Å². The molecule has 1 atom stereocenters. The van der Waals surface area contributed by atoms with Gasteiger partial charge in [-0.25, -0.2) is 14.4 Å². The largest absolute Gasteiger partial charge is 0.361 e. The highest BCUT2D eigenvalue weighted by Crippen LogP contribution is 2.33. The zero-order chi connectivity index (χ0) is 20.5. The Morgan fingerprint density at radius 3 is 2.72 bits per heavy atom. The molecule has 3 heterocycles. The van der Waals surface area contributed by atoms with Gasteiger partial charge in [-0.1, -0.05) is 11.2 Å². The number of nitrogens with zero attached hydrogens (tertiary/aromatic N) is 4. The summed E-state index contributed by atoms with van der Waals surface area (Å²) in [5.74, 6) is 0.683. The molecule has 150 valence electrons. The van der Waals surface area contributed by atoms with Crippen molar-refractivity contribution in [2.75, 3.05) is 6.54 Å². The molecule has 4 rings (SSSR count). The zero-order valence-electron chi connectivity index (χ0n) is 16.8. The van der Waals surface area contributed by atoms with Gasteiger partial charge in [-0.15, -0.1) is 0 Å². The van der Waals surface area contributed by atoms with Gasteiger partial charge in [-0.2, -0.15) is 0 Å². The summed E-state index contributed by atoms with van der Waals surface area (Å²) in [4.78, 5) is 24.3. The van der Waals surface area contributed by atoms with Crippen molar-refractivity contribution < 1.29 is 13.7 Å². The molecule has 0 saturated carbocycles. The van der Waals surface area contributed by atoms with E-state index in [1.54, 1.807) is 17.0 Å². The molecule has 1 aromatic carbocycles. The molecular weight excluding hydrogens is 371 g/mol. The molecule has 1 aliphatic heterocycles. The van der Waals surface area contributed by atoms with Gasteiger partial charge in [-0.3, -0.25) is 4.79 Å². The van der Waals surface area contributed by atoms with E-state index in [9.17, 15) is 9.18 Å². The fourth-order valence-corrected chi connectivity index (χ4v) is 3.95. The quantitative estimate of drug-likeness (QED) is 0.651. The third-order valence-corrected chi connectivity index (χ3v) is 5.29. The molecule has 0 radical (unpaired) electrons. The van der Waals surface area contributed by atoms with E-state index in [-0.39, 0.29) is 11.9 Å². The number of hydrogen-bond donors (Lipinski definition) is 0. The molecule has 1 aliphatic rings. The monoisotopic (exact) mass is 394 g/mol. The lowest BCUT2D eigenvalue weighted by Crippen LogP contribution is -2.39. The lowest BCUT2D eigenvalue weighted by molar-refractivity contribution is 0.0599. The number of aryl methyl sites for hydroxylation is 3. The number of aromatic nitrogens is 3. The number of likely N-dealkylation sites (tertiary alicyclic amines) is 1. The number of amides is 1. The summed E-state index contributed by atoms with van der Waals surface area (Å²) in [6, 6.07) is 7.46. The molecule has 0 N–H and O–H groups in total. The second-order valence-electron chi connectivity index (χ2n) is 7.47. The van der Waals surface area contributed by atoms with E-state index in [1.165, 1.54) is 12.1 Å². The Balaban J connectivity index is 1.73.